The molecule has 1 saturated heterocycles. The molecule has 0 atom stereocenters. The van der Waals surface area contributed by atoms with Crippen LogP contribution >= 0.6 is 11.3 Å². The highest BCUT2D eigenvalue weighted by molar-refractivity contribution is 7.19. The molecule has 6 heteroatoms. The number of aromatic nitrogens is 1. The molecule has 2 aliphatic rings. The van der Waals surface area contributed by atoms with Crippen LogP contribution in [0.25, 0.3) is 10.2 Å². The lowest BCUT2D eigenvalue weighted by atomic mass is 9.90. The van der Waals surface area contributed by atoms with E-state index >= 15 is 0 Å². The van der Waals surface area contributed by atoms with Gasteiger partial charge >= 0.3 is 0 Å². The highest BCUT2D eigenvalue weighted by atomic mass is 32.1. The Balaban J connectivity index is 1.44. The third kappa shape index (κ3) is 2.56. The van der Waals surface area contributed by atoms with Gasteiger partial charge in [0.1, 0.15) is 6.07 Å². The quantitative estimate of drug-likeness (QED) is 0.921. The van der Waals surface area contributed by atoms with Crippen molar-refractivity contribution in [2.24, 2.45) is 0 Å². The SMILES string of the molecule is N#Cc1nc2cc(NC3CCC4(CC3)OCCO4)ccc2s1. The zero-order valence-corrected chi connectivity index (χ0v) is 13.0. The molecule has 1 aliphatic heterocycles. The predicted octanol–water partition coefficient (Wildman–Crippen LogP) is 3.27. The predicted molar refractivity (Wildman–Crippen MR) is 84.8 cm³/mol. The lowest BCUT2D eigenvalue weighted by Crippen LogP contribution is -2.39. The first-order valence-electron chi connectivity index (χ1n) is 7.61. The smallest absolute Gasteiger partial charge is 0.195 e. The van der Waals surface area contributed by atoms with Crippen molar-refractivity contribution >= 4 is 27.2 Å². The summed E-state index contributed by atoms with van der Waals surface area (Å²) in [6.45, 7) is 1.44. The van der Waals surface area contributed by atoms with Gasteiger partial charge < -0.3 is 14.8 Å². The molecule has 2 heterocycles. The largest absolute Gasteiger partial charge is 0.382 e. The molecule has 114 valence electrons. The van der Waals surface area contributed by atoms with Crippen LogP contribution in [-0.2, 0) is 9.47 Å². The van der Waals surface area contributed by atoms with E-state index < -0.39 is 0 Å². The summed E-state index contributed by atoms with van der Waals surface area (Å²) in [5.41, 5.74) is 1.96. The number of nitrogens with zero attached hydrogens (tertiary/aromatic N) is 2. The van der Waals surface area contributed by atoms with Crippen molar-refractivity contribution < 1.29 is 9.47 Å². The van der Waals surface area contributed by atoms with Crippen molar-refractivity contribution in [2.75, 3.05) is 18.5 Å². The topological polar surface area (TPSA) is 67.2 Å². The van der Waals surface area contributed by atoms with E-state index in [1.807, 2.05) is 12.1 Å². The Bertz CT molecular complexity index is 721. The number of nitriles is 1. The van der Waals surface area contributed by atoms with Gasteiger partial charge in [0, 0.05) is 24.6 Å². The second-order valence-corrected chi connectivity index (χ2v) is 6.87. The zero-order chi connectivity index (χ0) is 15.0. The fourth-order valence-electron chi connectivity index (χ4n) is 3.29. The molecule has 0 unspecified atom stereocenters. The molecule has 2 fully saturated rings. The van der Waals surface area contributed by atoms with Crippen LogP contribution in [-0.4, -0.2) is 30.0 Å². The van der Waals surface area contributed by atoms with E-state index in [9.17, 15) is 0 Å². The van der Waals surface area contributed by atoms with Crippen molar-refractivity contribution in [1.82, 2.24) is 4.98 Å². The van der Waals surface area contributed by atoms with E-state index in [0.717, 1.165) is 54.8 Å². The molecule has 22 heavy (non-hydrogen) atoms. The fourth-order valence-corrected chi connectivity index (χ4v) is 4.03. The zero-order valence-electron chi connectivity index (χ0n) is 12.2. The molecule has 1 saturated carbocycles. The Hall–Kier alpha value is -1.68. The van der Waals surface area contributed by atoms with Gasteiger partial charge in [0.05, 0.1) is 23.4 Å². The van der Waals surface area contributed by atoms with E-state index in [4.69, 9.17) is 14.7 Å². The van der Waals surface area contributed by atoms with Crippen LogP contribution in [0.1, 0.15) is 30.7 Å². The maximum absolute atomic E-state index is 8.93. The fraction of sp³-hybridized carbons (Fsp3) is 0.500. The average molecular weight is 315 g/mol. The van der Waals surface area contributed by atoms with Crippen LogP contribution in [0.4, 0.5) is 5.69 Å². The molecule has 1 aromatic carbocycles. The minimum absolute atomic E-state index is 0.307. The number of thiazole rings is 1. The Kier molecular flexibility index (Phi) is 3.49. The van der Waals surface area contributed by atoms with Gasteiger partial charge in [0.2, 0.25) is 0 Å². The number of nitrogens with one attached hydrogen (secondary N) is 1. The van der Waals surface area contributed by atoms with E-state index in [-0.39, 0.29) is 5.79 Å². The second kappa shape index (κ2) is 5.51. The van der Waals surface area contributed by atoms with Crippen LogP contribution in [0, 0.1) is 11.3 Å². The standard InChI is InChI=1S/C16H17N3O2S/c17-10-15-19-13-9-12(1-2-14(13)22-15)18-11-3-5-16(6-4-11)20-7-8-21-16/h1-2,9,11,18H,3-8H2. The van der Waals surface area contributed by atoms with E-state index in [1.165, 1.54) is 11.3 Å². The lowest BCUT2D eigenvalue weighted by molar-refractivity contribution is -0.177. The van der Waals surface area contributed by atoms with Gasteiger partial charge in [0.15, 0.2) is 10.8 Å². The molecule has 5 nitrogen and oxygen atoms in total. The van der Waals surface area contributed by atoms with E-state index in [1.54, 1.807) is 0 Å². The number of anilines is 1. The van der Waals surface area contributed by atoms with E-state index in [0.29, 0.717) is 11.0 Å². The summed E-state index contributed by atoms with van der Waals surface area (Å²) in [6, 6.07) is 8.66. The van der Waals surface area contributed by atoms with Crippen LogP contribution < -0.4 is 5.32 Å². The van der Waals surface area contributed by atoms with Crippen LogP contribution in [0.2, 0.25) is 0 Å². The molecule has 4 rings (SSSR count). The van der Waals surface area contributed by atoms with Crippen LogP contribution in [0.15, 0.2) is 18.2 Å². The second-order valence-electron chi connectivity index (χ2n) is 5.84. The Morgan fingerprint density at radius 2 is 2.05 bits per heavy atom. The third-order valence-electron chi connectivity index (χ3n) is 4.41. The van der Waals surface area contributed by atoms with Gasteiger partial charge in [-0.05, 0) is 31.0 Å². The summed E-state index contributed by atoms with van der Waals surface area (Å²) < 4.78 is 12.6. The first-order valence-corrected chi connectivity index (χ1v) is 8.43. The molecule has 1 spiro atoms. The molecular weight excluding hydrogens is 298 g/mol. The Labute approximate surface area is 132 Å². The normalized spacial score (nSPS) is 21.2. The number of hydrogen-bond donors (Lipinski definition) is 1. The Morgan fingerprint density at radius 1 is 1.27 bits per heavy atom. The first-order chi connectivity index (χ1) is 10.8. The molecule has 0 amide bonds. The summed E-state index contributed by atoms with van der Waals surface area (Å²) in [7, 11) is 0. The minimum Gasteiger partial charge on any atom is -0.382 e. The van der Waals surface area contributed by atoms with Gasteiger partial charge in [-0.3, -0.25) is 0 Å². The molecular formula is C16H17N3O2S. The number of ether oxygens (including phenoxy) is 2. The van der Waals surface area contributed by atoms with Gasteiger partial charge in [-0.2, -0.15) is 5.26 Å². The number of hydrogen-bond acceptors (Lipinski definition) is 6. The van der Waals surface area contributed by atoms with Gasteiger partial charge in [-0.25, -0.2) is 4.98 Å². The average Bonchev–Trinajstić information content (AvgIpc) is 3.16. The summed E-state index contributed by atoms with van der Waals surface area (Å²) in [5.74, 6) is -0.307. The monoisotopic (exact) mass is 315 g/mol. The summed E-state index contributed by atoms with van der Waals surface area (Å²) >= 11 is 1.43. The molecule has 2 aromatic rings. The maximum Gasteiger partial charge on any atom is 0.195 e. The molecule has 1 N–H and O–H groups in total. The molecule has 0 radical (unpaired) electrons. The third-order valence-corrected chi connectivity index (χ3v) is 5.36. The van der Waals surface area contributed by atoms with Crippen molar-refractivity contribution in [1.29, 1.82) is 5.26 Å². The molecule has 0 bridgehead atoms. The van der Waals surface area contributed by atoms with Crippen molar-refractivity contribution in [3.63, 3.8) is 0 Å². The minimum atomic E-state index is -0.307. The highest BCUT2D eigenvalue weighted by Gasteiger charge is 2.40. The van der Waals surface area contributed by atoms with Crippen molar-refractivity contribution in [3.05, 3.63) is 23.2 Å². The van der Waals surface area contributed by atoms with E-state index in [2.05, 4.69) is 22.4 Å². The maximum atomic E-state index is 8.93. The molecule has 1 aromatic heterocycles. The molecule has 1 aliphatic carbocycles. The van der Waals surface area contributed by atoms with Gasteiger partial charge in [-0.15, -0.1) is 11.3 Å². The van der Waals surface area contributed by atoms with Crippen molar-refractivity contribution in [2.45, 2.75) is 37.5 Å². The van der Waals surface area contributed by atoms with Gasteiger partial charge in [0.25, 0.3) is 0 Å². The summed E-state index contributed by atoms with van der Waals surface area (Å²) in [4.78, 5) is 4.32. The Morgan fingerprint density at radius 3 is 2.77 bits per heavy atom. The van der Waals surface area contributed by atoms with Crippen LogP contribution in [0.3, 0.4) is 0 Å². The van der Waals surface area contributed by atoms with Crippen molar-refractivity contribution in [3.8, 4) is 6.07 Å². The number of fused-ring (bicyclic) bond motifs is 1. The van der Waals surface area contributed by atoms with Crippen LogP contribution in [0.5, 0.6) is 0 Å². The van der Waals surface area contributed by atoms with Gasteiger partial charge in [-0.1, -0.05) is 0 Å². The number of benzene rings is 1. The summed E-state index contributed by atoms with van der Waals surface area (Å²) in [5, 5.41) is 13.0. The summed E-state index contributed by atoms with van der Waals surface area (Å²) in [6.07, 6.45) is 3.97. The highest BCUT2D eigenvalue weighted by Crippen LogP contribution is 2.37. The lowest BCUT2D eigenvalue weighted by Gasteiger charge is -2.36. The number of rotatable bonds is 2. The first kappa shape index (κ1) is 13.9.